The first-order valence-corrected chi connectivity index (χ1v) is 12.1. The Hall–Kier alpha value is -3.77. The Labute approximate surface area is 202 Å². The van der Waals surface area contributed by atoms with Crippen molar-refractivity contribution in [3.05, 3.63) is 89.3 Å². The van der Waals surface area contributed by atoms with Crippen LogP contribution in [0.15, 0.2) is 78.2 Å². The van der Waals surface area contributed by atoms with Crippen LogP contribution in [0.5, 0.6) is 5.75 Å². The fourth-order valence-electron chi connectivity index (χ4n) is 4.00. The molecule has 1 aromatic heterocycles. The van der Waals surface area contributed by atoms with Crippen molar-refractivity contribution < 1.29 is 14.3 Å². The van der Waals surface area contributed by atoms with Gasteiger partial charge in [-0.2, -0.15) is 0 Å². The maximum absolute atomic E-state index is 13.2. The smallest absolute Gasteiger partial charge is 0.268 e. The summed E-state index contributed by atoms with van der Waals surface area (Å²) in [6, 6.07) is 23.2. The Bertz CT molecular complexity index is 1350. The standard InChI is InChI=1S/C28H24N2O3S/c1-3-25-28(32)30(16-24(31)19-11-9-18(2)10-12-19)23-15-21(13-14-26(23)33-25)22-17-34-27(29-22)20-7-5-4-6-8-20/h4-15,17,25H,3,16H2,1-2H3. The van der Waals surface area contributed by atoms with Gasteiger partial charge in [0, 0.05) is 22.1 Å². The van der Waals surface area contributed by atoms with E-state index in [0.29, 0.717) is 23.4 Å². The number of carbonyl (C=O) groups is 2. The zero-order valence-electron chi connectivity index (χ0n) is 19.0. The van der Waals surface area contributed by atoms with E-state index in [1.165, 1.54) is 0 Å². The highest BCUT2D eigenvalue weighted by atomic mass is 32.1. The molecule has 0 saturated heterocycles. The number of ketones is 1. The molecule has 1 aliphatic rings. The summed E-state index contributed by atoms with van der Waals surface area (Å²) in [6.07, 6.45) is -0.0741. The molecule has 1 atom stereocenters. The Kier molecular flexibility index (Phi) is 5.99. The van der Waals surface area contributed by atoms with Crippen LogP contribution in [-0.2, 0) is 4.79 Å². The van der Waals surface area contributed by atoms with E-state index in [9.17, 15) is 9.59 Å². The third-order valence-corrected chi connectivity index (χ3v) is 6.82. The summed E-state index contributed by atoms with van der Waals surface area (Å²) in [5.74, 6) is 0.294. The van der Waals surface area contributed by atoms with Gasteiger partial charge in [0.15, 0.2) is 11.9 Å². The summed E-state index contributed by atoms with van der Waals surface area (Å²) in [6.45, 7) is 3.85. The molecule has 2 heterocycles. The largest absolute Gasteiger partial charge is 0.478 e. The number of Topliss-reactive ketones (excluding diaryl/α,β-unsaturated/α-hetero) is 1. The quantitative estimate of drug-likeness (QED) is 0.317. The van der Waals surface area contributed by atoms with Crippen molar-refractivity contribution in [3.63, 3.8) is 0 Å². The van der Waals surface area contributed by atoms with Crippen molar-refractivity contribution in [3.8, 4) is 27.6 Å². The lowest BCUT2D eigenvalue weighted by Crippen LogP contribution is -2.47. The molecule has 1 unspecified atom stereocenters. The first-order valence-electron chi connectivity index (χ1n) is 11.3. The second kappa shape index (κ2) is 9.23. The molecular weight excluding hydrogens is 444 g/mol. The number of fused-ring (bicyclic) bond motifs is 1. The molecule has 4 aromatic rings. The Balaban J connectivity index is 1.49. The van der Waals surface area contributed by atoms with Crippen molar-refractivity contribution in [2.45, 2.75) is 26.4 Å². The van der Waals surface area contributed by atoms with E-state index in [0.717, 1.165) is 27.4 Å². The van der Waals surface area contributed by atoms with Crippen LogP contribution in [0.25, 0.3) is 21.8 Å². The SMILES string of the molecule is CCC1Oc2ccc(-c3csc(-c4ccccc4)n3)cc2N(CC(=O)c2ccc(C)cc2)C1=O. The number of hydrogen-bond acceptors (Lipinski definition) is 5. The zero-order valence-corrected chi connectivity index (χ0v) is 19.8. The third-order valence-electron chi connectivity index (χ3n) is 5.93. The predicted molar refractivity (Wildman–Crippen MR) is 136 cm³/mol. The molecule has 0 saturated carbocycles. The van der Waals surface area contributed by atoms with Gasteiger partial charge < -0.3 is 4.74 Å². The summed E-state index contributed by atoms with van der Waals surface area (Å²) in [4.78, 5) is 32.6. The molecule has 170 valence electrons. The van der Waals surface area contributed by atoms with Gasteiger partial charge in [0.2, 0.25) is 0 Å². The fraction of sp³-hybridized carbons (Fsp3) is 0.179. The highest BCUT2D eigenvalue weighted by Crippen LogP contribution is 2.39. The highest BCUT2D eigenvalue weighted by molar-refractivity contribution is 7.13. The summed E-state index contributed by atoms with van der Waals surface area (Å²) >= 11 is 1.57. The van der Waals surface area contributed by atoms with E-state index < -0.39 is 6.10 Å². The van der Waals surface area contributed by atoms with Crippen LogP contribution in [0, 0.1) is 6.92 Å². The van der Waals surface area contributed by atoms with Gasteiger partial charge in [0.25, 0.3) is 5.91 Å². The van der Waals surface area contributed by atoms with E-state index in [1.54, 1.807) is 28.4 Å². The number of hydrogen-bond donors (Lipinski definition) is 0. The number of aryl methyl sites for hydroxylation is 1. The minimum Gasteiger partial charge on any atom is -0.478 e. The Morgan fingerprint density at radius 3 is 2.53 bits per heavy atom. The average Bonchev–Trinajstić information content (AvgIpc) is 3.36. The molecule has 5 nitrogen and oxygen atoms in total. The minimum absolute atomic E-state index is 0.0372. The summed E-state index contributed by atoms with van der Waals surface area (Å²) in [5.41, 5.74) is 5.02. The number of benzene rings is 3. The number of rotatable bonds is 6. The van der Waals surface area contributed by atoms with Crippen LogP contribution < -0.4 is 9.64 Å². The average molecular weight is 469 g/mol. The van der Waals surface area contributed by atoms with Crippen molar-refractivity contribution in [2.24, 2.45) is 0 Å². The minimum atomic E-state index is -0.604. The maximum Gasteiger partial charge on any atom is 0.268 e. The van der Waals surface area contributed by atoms with E-state index in [1.807, 2.05) is 79.9 Å². The normalized spacial score (nSPS) is 15.1. The number of amides is 1. The Morgan fingerprint density at radius 1 is 1.03 bits per heavy atom. The summed E-state index contributed by atoms with van der Waals surface area (Å²) in [5, 5.41) is 2.93. The van der Waals surface area contributed by atoms with Gasteiger partial charge in [-0.3, -0.25) is 14.5 Å². The maximum atomic E-state index is 13.2. The molecule has 0 N–H and O–H groups in total. The summed E-state index contributed by atoms with van der Waals surface area (Å²) in [7, 11) is 0. The van der Waals surface area contributed by atoms with Crippen LogP contribution in [0.2, 0.25) is 0 Å². The van der Waals surface area contributed by atoms with E-state index in [4.69, 9.17) is 9.72 Å². The zero-order chi connectivity index (χ0) is 23.7. The monoisotopic (exact) mass is 468 g/mol. The first-order chi connectivity index (χ1) is 16.5. The molecule has 0 bridgehead atoms. The van der Waals surface area contributed by atoms with Crippen molar-refractivity contribution in [1.82, 2.24) is 4.98 Å². The molecule has 0 spiro atoms. The molecule has 0 radical (unpaired) electrons. The topological polar surface area (TPSA) is 59.5 Å². The van der Waals surface area contributed by atoms with Gasteiger partial charge in [-0.1, -0.05) is 67.1 Å². The Morgan fingerprint density at radius 2 is 1.79 bits per heavy atom. The summed E-state index contributed by atoms with van der Waals surface area (Å²) < 4.78 is 5.97. The van der Waals surface area contributed by atoms with E-state index in [-0.39, 0.29) is 18.2 Å². The lowest BCUT2D eigenvalue weighted by Gasteiger charge is -2.34. The molecule has 1 aliphatic heterocycles. The fourth-order valence-corrected chi connectivity index (χ4v) is 4.83. The molecule has 1 amide bonds. The van der Waals surface area contributed by atoms with Gasteiger partial charge in [-0.05, 0) is 31.5 Å². The number of aromatic nitrogens is 1. The molecule has 6 heteroatoms. The van der Waals surface area contributed by atoms with Crippen LogP contribution in [0.3, 0.4) is 0 Å². The van der Waals surface area contributed by atoms with Crippen molar-refractivity contribution in [1.29, 1.82) is 0 Å². The molecule has 3 aromatic carbocycles. The third kappa shape index (κ3) is 4.24. The lowest BCUT2D eigenvalue weighted by molar-refractivity contribution is -0.126. The highest BCUT2D eigenvalue weighted by Gasteiger charge is 2.35. The van der Waals surface area contributed by atoms with Crippen molar-refractivity contribution >= 4 is 28.7 Å². The van der Waals surface area contributed by atoms with Gasteiger partial charge in [0.05, 0.1) is 17.9 Å². The molecular formula is C28H24N2O3S. The molecule has 5 rings (SSSR count). The second-order valence-electron chi connectivity index (χ2n) is 8.31. The first kappa shape index (κ1) is 22.0. The molecule has 0 aliphatic carbocycles. The van der Waals surface area contributed by atoms with Gasteiger partial charge in [-0.25, -0.2) is 4.98 Å². The molecule has 34 heavy (non-hydrogen) atoms. The number of nitrogens with zero attached hydrogens (tertiary/aromatic N) is 2. The second-order valence-corrected chi connectivity index (χ2v) is 9.17. The van der Waals surface area contributed by atoms with Crippen LogP contribution >= 0.6 is 11.3 Å². The molecule has 0 fully saturated rings. The van der Waals surface area contributed by atoms with Gasteiger partial charge >= 0.3 is 0 Å². The number of anilines is 1. The number of carbonyl (C=O) groups excluding carboxylic acids is 2. The predicted octanol–water partition coefficient (Wildman–Crippen LogP) is 6.17. The van der Waals surface area contributed by atoms with Gasteiger partial charge in [0.1, 0.15) is 10.8 Å². The number of thiazole rings is 1. The van der Waals surface area contributed by atoms with Crippen LogP contribution in [0.4, 0.5) is 5.69 Å². The van der Waals surface area contributed by atoms with Crippen LogP contribution in [-0.4, -0.2) is 29.3 Å². The van der Waals surface area contributed by atoms with Crippen molar-refractivity contribution in [2.75, 3.05) is 11.4 Å². The van der Waals surface area contributed by atoms with Crippen LogP contribution in [0.1, 0.15) is 29.3 Å². The lowest BCUT2D eigenvalue weighted by atomic mass is 10.0. The van der Waals surface area contributed by atoms with Gasteiger partial charge in [-0.15, -0.1) is 11.3 Å². The van der Waals surface area contributed by atoms with E-state index in [2.05, 4.69) is 0 Å². The number of ether oxygens (including phenoxy) is 1. The van der Waals surface area contributed by atoms with E-state index >= 15 is 0 Å².